The van der Waals surface area contributed by atoms with Crippen LogP contribution < -0.4 is 4.90 Å². The number of hydrogen-bond donors (Lipinski definition) is 0. The van der Waals surface area contributed by atoms with Crippen molar-refractivity contribution < 1.29 is 12.8 Å². The average Bonchev–Trinajstić information content (AvgIpc) is 3.13. The Bertz CT molecular complexity index is 1060. The molecule has 1 aromatic carbocycles. The van der Waals surface area contributed by atoms with Gasteiger partial charge in [0.2, 0.25) is 10.0 Å². The lowest BCUT2D eigenvalue weighted by Gasteiger charge is -2.35. The summed E-state index contributed by atoms with van der Waals surface area (Å²) in [5.74, 6) is 0.328. The molecule has 136 valence electrons. The van der Waals surface area contributed by atoms with Gasteiger partial charge in [0.05, 0.1) is 15.1 Å². The number of rotatable bonds is 3. The number of sulfonamides is 1. The lowest BCUT2D eigenvalue weighted by molar-refractivity contribution is 0.383. The fraction of sp³-hybridized carbons (Fsp3) is 0.294. The van der Waals surface area contributed by atoms with Crippen LogP contribution in [0.2, 0.25) is 0 Å². The number of hydrogen-bond acceptors (Lipinski definition) is 6. The van der Waals surface area contributed by atoms with Gasteiger partial charge < -0.3 is 4.90 Å². The molecule has 1 fully saturated rings. The molecule has 1 saturated heterocycles. The number of nitrogens with zero attached hydrogens (tertiary/aromatic N) is 4. The molecule has 0 radical (unpaired) electrons. The second kappa shape index (κ2) is 6.57. The molecular weight excluding hydrogens is 375 g/mol. The van der Waals surface area contributed by atoms with Crippen LogP contribution in [-0.2, 0) is 10.0 Å². The fourth-order valence-electron chi connectivity index (χ4n) is 3.15. The van der Waals surface area contributed by atoms with Crippen LogP contribution in [0.4, 0.5) is 10.2 Å². The van der Waals surface area contributed by atoms with E-state index in [1.807, 2.05) is 11.4 Å². The highest BCUT2D eigenvalue weighted by molar-refractivity contribution is 7.89. The summed E-state index contributed by atoms with van der Waals surface area (Å²) in [6, 6.07) is 6.10. The molecule has 6 nitrogen and oxygen atoms in total. The molecule has 0 bridgehead atoms. The minimum Gasteiger partial charge on any atom is -0.353 e. The van der Waals surface area contributed by atoms with Crippen LogP contribution in [-0.4, -0.2) is 48.9 Å². The number of fused-ring (bicyclic) bond motifs is 1. The van der Waals surface area contributed by atoms with Gasteiger partial charge >= 0.3 is 0 Å². The first-order valence-corrected chi connectivity index (χ1v) is 10.5. The van der Waals surface area contributed by atoms with Crippen molar-refractivity contribution in [3.05, 3.63) is 47.4 Å². The molecule has 4 rings (SSSR count). The van der Waals surface area contributed by atoms with Crippen LogP contribution in [0.3, 0.4) is 0 Å². The van der Waals surface area contributed by atoms with Gasteiger partial charge in [0.15, 0.2) is 0 Å². The normalized spacial score (nSPS) is 16.3. The molecule has 9 heteroatoms. The van der Waals surface area contributed by atoms with Crippen LogP contribution in [0.25, 0.3) is 10.2 Å². The number of thiophene rings is 1. The zero-order valence-electron chi connectivity index (χ0n) is 14.1. The van der Waals surface area contributed by atoms with E-state index in [0.29, 0.717) is 26.2 Å². The third kappa shape index (κ3) is 2.85. The van der Waals surface area contributed by atoms with Gasteiger partial charge in [-0.15, -0.1) is 11.3 Å². The molecule has 0 N–H and O–H groups in total. The summed E-state index contributed by atoms with van der Waals surface area (Å²) in [7, 11) is -3.72. The van der Waals surface area contributed by atoms with E-state index < -0.39 is 15.8 Å². The summed E-state index contributed by atoms with van der Waals surface area (Å²) < 4.78 is 42.0. The SMILES string of the molecule is Cc1c(F)cccc1S(=O)(=O)N1CCN(c2ncnc3ccsc23)CC1. The number of benzene rings is 1. The number of halogens is 1. The topological polar surface area (TPSA) is 66.4 Å². The lowest BCUT2D eigenvalue weighted by Crippen LogP contribution is -2.49. The Morgan fingerprint density at radius 1 is 1.12 bits per heavy atom. The highest BCUT2D eigenvalue weighted by Gasteiger charge is 2.31. The molecule has 0 spiro atoms. The van der Waals surface area contributed by atoms with Crippen LogP contribution in [0, 0.1) is 12.7 Å². The van der Waals surface area contributed by atoms with Crippen molar-refractivity contribution in [2.75, 3.05) is 31.1 Å². The summed E-state index contributed by atoms with van der Waals surface area (Å²) in [4.78, 5) is 10.7. The largest absolute Gasteiger partial charge is 0.353 e. The summed E-state index contributed by atoms with van der Waals surface area (Å²) in [5, 5.41) is 1.97. The minimum absolute atomic E-state index is 0.0358. The van der Waals surface area contributed by atoms with Gasteiger partial charge in [-0.25, -0.2) is 22.8 Å². The Morgan fingerprint density at radius 3 is 2.65 bits per heavy atom. The van der Waals surface area contributed by atoms with Crippen molar-refractivity contribution >= 4 is 37.4 Å². The zero-order valence-corrected chi connectivity index (χ0v) is 15.7. The highest BCUT2D eigenvalue weighted by atomic mass is 32.2. The van der Waals surface area contributed by atoms with Crippen LogP contribution in [0.1, 0.15) is 5.56 Å². The molecule has 0 atom stereocenters. The first-order chi connectivity index (χ1) is 12.5. The standard InChI is InChI=1S/C17H17FN4O2S2/c1-12-13(18)3-2-4-15(12)26(23,24)22-8-6-21(7-9-22)17-16-14(5-10-25-16)19-11-20-17/h2-5,10-11H,6-9H2,1H3. The zero-order chi connectivity index (χ0) is 18.3. The van der Waals surface area contributed by atoms with E-state index in [9.17, 15) is 12.8 Å². The summed E-state index contributed by atoms with van der Waals surface area (Å²) in [6.07, 6.45) is 1.53. The average molecular weight is 392 g/mol. The smallest absolute Gasteiger partial charge is 0.243 e. The van der Waals surface area contributed by atoms with Crippen molar-refractivity contribution in [3.63, 3.8) is 0 Å². The summed E-state index contributed by atoms with van der Waals surface area (Å²) in [6.45, 7) is 3.20. The van der Waals surface area contributed by atoms with Gasteiger partial charge in [-0.05, 0) is 30.5 Å². The van der Waals surface area contributed by atoms with Gasteiger partial charge in [0.1, 0.15) is 18.0 Å². The van der Waals surface area contributed by atoms with Gasteiger partial charge in [0.25, 0.3) is 0 Å². The van der Waals surface area contributed by atoms with E-state index >= 15 is 0 Å². The molecule has 0 unspecified atom stereocenters. The Balaban J connectivity index is 1.57. The van der Waals surface area contributed by atoms with E-state index in [1.54, 1.807) is 11.3 Å². The molecule has 2 aromatic heterocycles. The lowest BCUT2D eigenvalue weighted by atomic mass is 10.2. The van der Waals surface area contributed by atoms with E-state index in [0.717, 1.165) is 16.0 Å². The van der Waals surface area contributed by atoms with Crippen LogP contribution >= 0.6 is 11.3 Å². The van der Waals surface area contributed by atoms with Crippen LogP contribution in [0.5, 0.6) is 0 Å². The Morgan fingerprint density at radius 2 is 1.88 bits per heavy atom. The van der Waals surface area contributed by atoms with Crippen molar-refractivity contribution in [2.24, 2.45) is 0 Å². The Labute approximate surface area is 155 Å². The quantitative estimate of drug-likeness (QED) is 0.686. The van der Waals surface area contributed by atoms with Gasteiger partial charge in [-0.1, -0.05) is 6.07 Å². The molecular formula is C17H17FN4O2S2. The fourth-order valence-corrected chi connectivity index (χ4v) is 5.67. The van der Waals surface area contributed by atoms with Gasteiger partial charge in [0, 0.05) is 31.7 Å². The predicted molar refractivity (Wildman–Crippen MR) is 99.5 cm³/mol. The molecule has 1 aliphatic heterocycles. The maximum absolute atomic E-state index is 13.8. The highest BCUT2D eigenvalue weighted by Crippen LogP contribution is 2.29. The molecule has 26 heavy (non-hydrogen) atoms. The van der Waals surface area contributed by atoms with Crippen LogP contribution in [0.15, 0.2) is 40.9 Å². The third-order valence-corrected chi connectivity index (χ3v) is 7.54. The monoisotopic (exact) mass is 392 g/mol. The summed E-state index contributed by atoms with van der Waals surface area (Å²) in [5.41, 5.74) is 1.05. The minimum atomic E-state index is -3.72. The molecule has 0 amide bonds. The molecule has 0 aliphatic carbocycles. The molecule has 3 heterocycles. The second-order valence-electron chi connectivity index (χ2n) is 6.09. The third-order valence-electron chi connectivity index (χ3n) is 4.60. The van der Waals surface area contributed by atoms with E-state index in [1.165, 1.54) is 35.8 Å². The maximum atomic E-state index is 13.8. The Kier molecular flexibility index (Phi) is 4.37. The molecule has 1 aliphatic rings. The number of piperazine rings is 1. The molecule has 0 saturated carbocycles. The van der Waals surface area contributed by atoms with E-state index in [2.05, 4.69) is 14.9 Å². The molecule has 3 aromatic rings. The van der Waals surface area contributed by atoms with Crippen molar-refractivity contribution in [2.45, 2.75) is 11.8 Å². The predicted octanol–water partition coefficient (Wildman–Crippen LogP) is 2.65. The van der Waals surface area contributed by atoms with Gasteiger partial charge in [-0.2, -0.15) is 4.31 Å². The Hall–Kier alpha value is -2.10. The van der Waals surface area contributed by atoms with E-state index in [4.69, 9.17) is 0 Å². The van der Waals surface area contributed by atoms with Crippen molar-refractivity contribution in [1.82, 2.24) is 14.3 Å². The van der Waals surface area contributed by atoms with Crippen molar-refractivity contribution in [3.8, 4) is 0 Å². The van der Waals surface area contributed by atoms with Crippen molar-refractivity contribution in [1.29, 1.82) is 0 Å². The van der Waals surface area contributed by atoms with Gasteiger partial charge in [-0.3, -0.25) is 0 Å². The first-order valence-electron chi connectivity index (χ1n) is 8.17. The summed E-state index contributed by atoms with van der Waals surface area (Å²) >= 11 is 1.57. The van der Waals surface area contributed by atoms with E-state index in [-0.39, 0.29) is 10.5 Å². The first kappa shape index (κ1) is 17.3. The second-order valence-corrected chi connectivity index (χ2v) is 8.91. The maximum Gasteiger partial charge on any atom is 0.243 e. The number of aromatic nitrogens is 2. The number of anilines is 1.